The number of rotatable bonds is 8. The topological polar surface area (TPSA) is 74.3 Å². The van der Waals surface area contributed by atoms with Crippen LogP contribution in [0.5, 0.6) is 0 Å². The van der Waals surface area contributed by atoms with Gasteiger partial charge >= 0.3 is 11.9 Å². The Balaban J connectivity index is 2.64. The molecule has 0 radical (unpaired) electrons. The lowest BCUT2D eigenvalue weighted by molar-refractivity contribution is -0.166. The molecule has 0 bridgehead atoms. The molecule has 0 aromatic carbocycles. The number of likely N-dealkylation sites (tertiary alicyclic amines) is 1. The molecule has 1 fully saturated rings. The molecular weight excluding hydrogens is 314 g/mol. The summed E-state index contributed by atoms with van der Waals surface area (Å²) in [7, 11) is 2.94. The van der Waals surface area contributed by atoms with Crippen LogP contribution in [-0.4, -0.2) is 74.6 Å². The highest BCUT2D eigenvalue weighted by Gasteiger charge is 2.46. The number of carbonyl (C=O) groups is 2. The van der Waals surface area contributed by atoms with E-state index in [0.717, 1.165) is 12.8 Å². The van der Waals surface area contributed by atoms with E-state index in [-0.39, 0.29) is 42.3 Å². The predicted molar refractivity (Wildman–Crippen MR) is 88.7 cm³/mol. The summed E-state index contributed by atoms with van der Waals surface area (Å²) in [5.74, 6) is -0.701. The zero-order chi connectivity index (χ0) is 18.4. The van der Waals surface area contributed by atoms with Gasteiger partial charge in [0.2, 0.25) is 0 Å². The van der Waals surface area contributed by atoms with Gasteiger partial charge in [-0.25, -0.2) is 9.59 Å². The summed E-state index contributed by atoms with van der Waals surface area (Å²) in [6.07, 6.45) is 1.29. The Labute approximate surface area is 144 Å². The highest BCUT2D eigenvalue weighted by Crippen LogP contribution is 2.39. The molecule has 0 atom stereocenters. The molecule has 1 rings (SSSR count). The van der Waals surface area contributed by atoms with Crippen LogP contribution in [0, 0.1) is 0 Å². The summed E-state index contributed by atoms with van der Waals surface area (Å²) in [5.41, 5.74) is -0.374. The Hall–Kier alpha value is -1.18. The highest BCUT2D eigenvalue weighted by atomic mass is 16.6. The van der Waals surface area contributed by atoms with Gasteiger partial charge in [-0.05, 0) is 27.7 Å². The second kappa shape index (κ2) is 8.78. The van der Waals surface area contributed by atoms with E-state index < -0.39 is 0 Å². The molecule has 0 aromatic heterocycles. The van der Waals surface area contributed by atoms with E-state index in [9.17, 15) is 9.59 Å². The zero-order valence-corrected chi connectivity index (χ0v) is 15.7. The summed E-state index contributed by atoms with van der Waals surface area (Å²) >= 11 is 0. The number of piperidine rings is 1. The van der Waals surface area contributed by atoms with Gasteiger partial charge in [-0.1, -0.05) is 0 Å². The fourth-order valence-corrected chi connectivity index (χ4v) is 3.66. The van der Waals surface area contributed by atoms with Gasteiger partial charge in [0.25, 0.3) is 0 Å². The van der Waals surface area contributed by atoms with Crippen LogP contribution in [0.3, 0.4) is 0 Å². The first-order valence-corrected chi connectivity index (χ1v) is 8.23. The molecule has 1 heterocycles. The fraction of sp³-hybridized carbons (Fsp3) is 0.882. The molecule has 24 heavy (non-hydrogen) atoms. The minimum absolute atomic E-state index is 0.0312. The van der Waals surface area contributed by atoms with E-state index in [1.807, 2.05) is 0 Å². The standard InChI is InChI=1S/C17H31NO6/c1-16(2)9-13(24-15(20)12-22-6)10-17(3,4)18(16)7-8-23-14(19)11-21-5/h13H,7-12H2,1-6H3. The number of esters is 2. The average Bonchev–Trinajstić information content (AvgIpc) is 2.41. The molecule has 0 amide bonds. The van der Waals surface area contributed by atoms with Crippen LogP contribution in [0.4, 0.5) is 0 Å². The van der Waals surface area contributed by atoms with Crippen LogP contribution in [-0.2, 0) is 28.5 Å². The van der Waals surface area contributed by atoms with Gasteiger partial charge in [0.1, 0.15) is 25.9 Å². The number of ether oxygens (including phenoxy) is 4. The summed E-state index contributed by atoms with van der Waals surface area (Å²) in [6, 6.07) is 0. The highest BCUT2D eigenvalue weighted by molar-refractivity contribution is 5.71. The smallest absolute Gasteiger partial charge is 0.332 e. The van der Waals surface area contributed by atoms with Crippen molar-refractivity contribution in [2.45, 2.75) is 57.7 Å². The van der Waals surface area contributed by atoms with E-state index >= 15 is 0 Å². The Morgan fingerprint density at radius 2 is 1.46 bits per heavy atom. The number of methoxy groups -OCH3 is 2. The minimum Gasteiger partial charge on any atom is -0.463 e. The van der Waals surface area contributed by atoms with E-state index in [1.54, 1.807) is 0 Å². The third-order valence-electron chi connectivity index (χ3n) is 4.32. The van der Waals surface area contributed by atoms with Crippen LogP contribution in [0.2, 0.25) is 0 Å². The molecule has 0 aliphatic carbocycles. The number of carbonyl (C=O) groups excluding carboxylic acids is 2. The molecule has 1 saturated heterocycles. The van der Waals surface area contributed by atoms with E-state index in [2.05, 4.69) is 32.6 Å². The van der Waals surface area contributed by atoms with Gasteiger partial charge in [-0.2, -0.15) is 0 Å². The zero-order valence-electron chi connectivity index (χ0n) is 15.7. The lowest BCUT2D eigenvalue weighted by Crippen LogP contribution is -2.63. The lowest BCUT2D eigenvalue weighted by atomic mass is 9.78. The van der Waals surface area contributed by atoms with Crippen molar-refractivity contribution in [3.63, 3.8) is 0 Å². The Morgan fingerprint density at radius 3 is 1.96 bits per heavy atom. The van der Waals surface area contributed by atoms with Crippen molar-refractivity contribution in [2.24, 2.45) is 0 Å². The van der Waals surface area contributed by atoms with Crippen molar-refractivity contribution in [3.05, 3.63) is 0 Å². The maximum atomic E-state index is 11.7. The van der Waals surface area contributed by atoms with Gasteiger partial charge in [-0.3, -0.25) is 4.90 Å². The van der Waals surface area contributed by atoms with Crippen LogP contribution >= 0.6 is 0 Å². The number of hydrogen-bond donors (Lipinski definition) is 0. The van der Waals surface area contributed by atoms with Gasteiger partial charge in [-0.15, -0.1) is 0 Å². The van der Waals surface area contributed by atoms with Gasteiger partial charge in [0, 0.05) is 44.7 Å². The first-order valence-electron chi connectivity index (χ1n) is 8.23. The summed E-state index contributed by atoms with van der Waals surface area (Å²) in [6.45, 7) is 9.31. The largest absolute Gasteiger partial charge is 0.463 e. The molecule has 0 N–H and O–H groups in total. The molecule has 0 spiro atoms. The summed E-state index contributed by atoms with van der Waals surface area (Å²) in [5, 5.41) is 0. The first kappa shape index (κ1) is 20.9. The van der Waals surface area contributed by atoms with Crippen molar-refractivity contribution in [3.8, 4) is 0 Å². The van der Waals surface area contributed by atoms with Gasteiger partial charge < -0.3 is 18.9 Å². The Bertz CT molecular complexity index is 417. The van der Waals surface area contributed by atoms with Crippen LogP contribution < -0.4 is 0 Å². The second-order valence-electron chi connectivity index (χ2n) is 7.38. The van der Waals surface area contributed by atoms with Gasteiger partial charge in [0.05, 0.1) is 0 Å². The van der Waals surface area contributed by atoms with Crippen molar-refractivity contribution in [1.82, 2.24) is 4.90 Å². The molecule has 7 nitrogen and oxygen atoms in total. The fourth-order valence-electron chi connectivity index (χ4n) is 3.66. The third kappa shape index (κ3) is 6.03. The van der Waals surface area contributed by atoms with E-state index in [4.69, 9.17) is 18.9 Å². The number of nitrogens with zero attached hydrogens (tertiary/aromatic N) is 1. The monoisotopic (exact) mass is 345 g/mol. The minimum atomic E-state index is -0.364. The molecule has 0 unspecified atom stereocenters. The van der Waals surface area contributed by atoms with Crippen LogP contribution in [0.25, 0.3) is 0 Å². The maximum absolute atomic E-state index is 11.7. The molecular formula is C17H31NO6. The number of hydrogen-bond acceptors (Lipinski definition) is 7. The van der Waals surface area contributed by atoms with Crippen LogP contribution in [0.1, 0.15) is 40.5 Å². The second-order valence-corrected chi connectivity index (χ2v) is 7.38. The third-order valence-corrected chi connectivity index (χ3v) is 4.32. The van der Waals surface area contributed by atoms with Crippen LogP contribution in [0.15, 0.2) is 0 Å². The molecule has 1 aliphatic rings. The molecule has 140 valence electrons. The quantitative estimate of drug-likeness (QED) is 0.615. The summed E-state index contributed by atoms with van der Waals surface area (Å²) < 4.78 is 20.3. The van der Waals surface area contributed by atoms with Crippen molar-refractivity contribution >= 4 is 11.9 Å². The van der Waals surface area contributed by atoms with Crippen molar-refractivity contribution in [2.75, 3.05) is 40.6 Å². The van der Waals surface area contributed by atoms with Crippen molar-refractivity contribution < 1.29 is 28.5 Å². The average molecular weight is 345 g/mol. The Kier molecular flexibility index (Phi) is 7.63. The molecule has 1 aliphatic heterocycles. The van der Waals surface area contributed by atoms with E-state index in [0.29, 0.717) is 13.2 Å². The van der Waals surface area contributed by atoms with Gasteiger partial charge in [0.15, 0.2) is 0 Å². The Morgan fingerprint density at radius 1 is 0.958 bits per heavy atom. The van der Waals surface area contributed by atoms with Crippen molar-refractivity contribution in [1.29, 1.82) is 0 Å². The molecule has 7 heteroatoms. The summed E-state index contributed by atoms with van der Waals surface area (Å²) in [4.78, 5) is 25.4. The maximum Gasteiger partial charge on any atom is 0.332 e. The lowest BCUT2D eigenvalue weighted by Gasteiger charge is -2.54. The predicted octanol–water partition coefficient (Wildman–Crippen LogP) is 1.39. The first-order chi connectivity index (χ1) is 11.1. The molecule has 0 saturated carbocycles. The molecule has 0 aromatic rings. The SMILES string of the molecule is COCC(=O)OCCN1C(C)(C)CC(OC(=O)COC)CC1(C)C. The normalized spacial score (nSPS) is 20.6. The van der Waals surface area contributed by atoms with E-state index in [1.165, 1.54) is 14.2 Å².